The molecule has 0 saturated heterocycles. The summed E-state index contributed by atoms with van der Waals surface area (Å²) >= 11 is 18.4. The number of ether oxygens (including phenoxy) is 1. The lowest BCUT2D eigenvalue weighted by molar-refractivity contribution is -0.136. The maximum atomic E-state index is 11.4. The van der Waals surface area contributed by atoms with Crippen LogP contribution in [-0.2, 0) is 16.1 Å². The highest BCUT2D eigenvalue weighted by molar-refractivity contribution is 6.35. The Bertz CT molecular complexity index is 838. The molecular formula is C16H12Cl3N3O2. The van der Waals surface area contributed by atoms with Crippen LogP contribution in [0.1, 0.15) is 16.8 Å². The number of carbonyl (C=O) groups is 1. The van der Waals surface area contributed by atoms with Crippen molar-refractivity contribution in [3.63, 3.8) is 0 Å². The van der Waals surface area contributed by atoms with Gasteiger partial charge in [0.1, 0.15) is 11.2 Å². The monoisotopic (exact) mass is 383 g/mol. The number of benzene rings is 1. The predicted octanol–water partition coefficient (Wildman–Crippen LogP) is 4.28. The maximum absolute atomic E-state index is 11.4. The Morgan fingerprint density at radius 3 is 2.83 bits per heavy atom. The quantitative estimate of drug-likeness (QED) is 0.570. The molecule has 0 aliphatic rings. The molecule has 0 atom stereocenters. The summed E-state index contributed by atoms with van der Waals surface area (Å²) in [7, 11) is 0. The van der Waals surface area contributed by atoms with E-state index in [1.165, 1.54) is 12.2 Å². The predicted molar refractivity (Wildman–Crippen MR) is 93.1 cm³/mol. The Balaban J connectivity index is 2.21. The van der Waals surface area contributed by atoms with E-state index >= 15 is 0 Å². The SMILES string of the molecule is Cc1nn(Cc2ccc(Cl)cc2Cl)c(Cl)c1/C=C/C(=O)OCC#N. The molecule has 2 rings (SSSR count). The van der Waals surface area contributed by atoms with Crippen LogP contribution in [0.3, 0.4) is 0 Å². The normalized spacial score (nSPS) is 10.8. The van der Waals surface area contributed by atoms with Crippen LogP contribution in [0.25, 0.3) is 6.08 Å². The van der Waals surface area contributed by atoms with Gasteiger partial charge in [0.25, 0.3) is 0 Å². The molecule has 0 saturated carbocycles. The first kappa shape index (κ1) is 18.3. The highest BCUT2D eigenvalue weighted by atomic mass is 35.5. The minimum absolute atomic E-state index is 0.301. The minimum atomic E-state index is -0.625. The molecule has 124 valence electrons. The molecule has 1 aromatic carbocycles. The highest BCUT2D eigenvalue weighted by Gasteiger charge is 2.13. The third kappa shape index (κ3) is 4.51. The van der Waals surface area contributed by atoms with Crippen LogP contribution >= 0.6 is 34.8 Å². The summed E-state index contributed by atoms with van der Waals surface area (Å²) in [6.07, 6.45) is 2.71. The molecule has 0 radical (unpaired) electrons. The van der Waals surface area contributed by atoms with Gasteiger partial charge in [-0.1, -0.05) is 40.9 Å². The van der Waals surface area contributed by atoms with E-state index in [9.17, 15) is 4.79 Å². The van der Waals surface area contributed by atoms with Gasteiger partial charge in [-0.3, -0.25) is 0 Å². The lowest BCUT2D eigenvalue weighted by Crippen LogP contribution is -2.02. The van der Waals surface area contributed by atoms with Crippen LogP contribution in [0.15, 0.2) is 24.3 Å². The highest BCUT2D eigenvalue weighted by Crippen LogP contribution is 2.26. The first-order chi connectivity index (χ1) is 11.4. The van der Waals surface area contributed by atoms with Crippen molar-refractivity contribution in [1.82, 2.24) is 9.78 Å². The van der Waals surface area contributed by atoms with Crippen molar-refractivity contribution in [2.24, 2.45) is 0 Å². The molecule has 1 aromatic heterocycles. The summed E-state index contributed by atoms with van der Waals surface area (Å²) in [5.41, 5.74) is 2.06. The van der Waals surface area contributed by atoms with Crippen molar-refractivity contribution in [1.29, 1.82) is 5.26 Å². The van der Waals surface area contributed by atoms with Gasteiger partial charge in [0.2, 0.25) is 0 Å². The number of aryl methyl sites for hydroxylation is 1. The van der Waals surface area contributed by atoms with Gasteiger partial charge in [-0.05, 0) is 30.7 Å². The number of nitriles is 1. The molecule has 0 unspecified atom stereocenters. The van der Waals surface area contributed by atoms with Gasteiger partial charge in [-0.2, -0.15) is 10.4 Å². The average Bonchev–Trinajstić information content (AvgIpc) is 2.80. The summed E-state index contributed by atoms with van der Waals surface area (Å²) < 4.78 is 6.21. The molecular weight excluding hydrogens is 373 g/mol. The lowest BCUT2D eigenvalue weighted by atomic mass is 10.2. The Kier molecular flexibility index (Phi) is 6.27. The van der Waals surface area contributed by atoms with E-state index in [4.69, 9.17) is 40.1 Å². The van der Waals surface area contributed by atoms with Crippen molar-refractivity contribution in [3.8, 4) is 6.07 Å². The first-order valence-electron chi connectivity index (χ1n) is 6.81. The second-order valence-corrected chi connectivity index (χ2v) is 5.98. The fraction of sp³-hybridized carbons (Fsp3) is 0.188. The number of carbonyl (C=O) groups excluding carboxylic acids is 1. The minimum Gasteiger partial charge on any atom is -0.447 e. The smallest absolute Gasteiger partial charge is 0.331 e. The molecule has 1 heterocycles. The van der Waals surface area contributed by atoms with Gasteiger partial charge in [0, 0.05) is 21.7 Å². The van der Waals surface area contributed by atoms with Crippen LogP contribution in [0.5, 0.6) is 0 Å². The zero-order valence-electron chi connectivity index (χ0n) is 12.6. The van der Waals surface area contributed by atoms with E-state index in [2.05, 4.69) is 9.84 Å². The largest absolute Gasteiger partial charge is 0.447 e. The lowest BCUT2D eigenvalue weighted by Gasteiger charge is -2.06. The Labute approximate surface area is 154 Å². The van der Waals surface area contributed by atoms with Crippen molar-refractivity contribution < 1.29 is 9.53 Å². The van der Waals surface area contributed by atoms with Crippen molar-refractivity contribution in [3.05, 3.63) is 56.3 Å². The van der Waals surface area contributed by atoms with Gasteiger partial charge in [-0.15, -0.1) is 0 Å². The standard InChI is InChI=1S/C16H12Cl3N3O2/c1-10-13(4-5-15(23)24-7-6-20)16(19)22(21-10)9-11-2-3-12(17)8-14(11)18/h2-5,8H,7,9H2,1H3/b5-4+. The van der Waals surface area contributed by atoms with E-state index in [0.717, 1.165) is 5.56 Å². The summed E-state index contributed by atoms with van der Waals surface area (Å²) in [6, 6.07) is 6.90. The Hall–Kier alpha value is -2.00. The molecule has 0 spiro atoms. The number of halogens is 3. The number of esters is 1. The summed E-state index contributed by atoms with van der Waals surface area (Å²) in [5.74, 6) is -0.625. The molecule has 2 aromatic rings. The van der Waals surface area contributed by atoms with Crippen LogP contribution in [0.2, 0.25) is 15.2 Å². The van der Waals surface area contributed by atoms with Crippen molar-refractivity contribution >= 4 is 46.8 Å². The molecule has 0 aliphatic heterocycles. The van der Waals surface area contributed by atoms with Crippen LogP contribution < -0.4 is 0 Å². The summed E-state index contributed by atoms with van der Waals surface area (Å²) in [4.78, 5) is 11.4. The second kappa shape index (κ2) is 8.20. The number of rotatable bonds is 5. The van der Waals surface area contributed by atoms with E-state index in [-0.39, 0.29) is 6.61 Å². The number of hydrogen-bond acceptors (Lipinski definition) is 4. The molecule has 8 heteroatoms. The van der Waals surface area contributed by atoms with E-state index in [0.29, 0.717) is 33.0 Å². The maximum Gasteiger partial charge on any atom is 0.331 e. The van der Waals surface area contributed by atoms with Crippen LogP contribution in [0.4, 0.5) is 0 Å². The second-order valence-electron chi connectivity index (χ2n) is 4.78. The van der Waals surface area contributed by atoms with Gasteiger partial charge in [0.05, 0.1) is 12.2 Å². The van der Waals surface area contributed by atoms with E-state index in [1.807, 2.05) is 0 Å². The molecule has 0 N–H and O–H groups in total. The van der Waals surface area contributed by atoms with E-state index < -0.39 is 5.97 Å². The number of hydrogen-bond donors (Lipinski definition) is 0. The van der Waals surface area contributed by atoms with Gasteiger partial charge in [0.15, 0.2) is 6.61 Å². The summed E-state index contributed by atoms with van der Waals surface area (Å²) in [6.45, 7) is 1.83. The van der Waals surface area contributed by atoms with Gasteiger partial charge >= 0.3 is 5.97 Å². The zero-order valence-corrected chi connectivity index (χ0v) is 14.9. The van der Waals surface area contributed by atoms with Gasteiger partial charge < -0.3 is 4.74 Å². The van der Waals surface area contributed by atoms with E-state index in [1.54, 1.807) is 35.9 Å². The molecule has 24 heavy (non-hydrogen) atoms. The van der Waals surface area contributed by atoms with Gasteiger partial charge in [-0.25, -0.2) is 9.48 Å². The Morgan fingerprint density at radius 2 is 2.17 bits per heavy atom. The molecule has 5 nitrogen and oxygen atoms in total. The molecule has 0 fully saturated rings. The number of nitrogens with zero attached hydrogens (tertiary/aromatic N) is 3. The fourth-order valence-corrected chi connectivity index (χ4v) is 2.74. The van der Waals surface area contributed by atoms with Crippen LogP contribution in [-0.4, -0.2) is 22.4 Å². The fourth-order valence-electron chi connectivity index (χ4n) is 1.98. The zero-order chi connectivity index (χ0) is 17.7. The molecule has 0 bridgehead atoms. The van der Waals surface area contributed by atoms with Crippen LogP contribution in [0, 0.1) is 18.3 Å². The Morgan fingerprint density at radius 1 is 1.42 bits per heavy atom. The van der Waals surface area contributed by atoms with Crippen molar-refractivity contribution in [2.45, 2.75) is 13.5 Å². The molecule has 0 aliphatic carbocycles. The topological polar surface area (TPSA) is 67.9 Å². The average molecular weight is 385 g/mol. The summed E-state index contributed by atoms with van der Waals surface area (Å²) in [5, 5.41) is 14.1. The third-order valence-corrected chi connectivity index (χ3v) is 4.10. The first-order valence-corrected chi connectivity index (χ1v) is 7.94. The van der Waals surface area contributed by atoms with Crippen molar-refractivity contribution in [2.75, 3.05) is 6.61 Å². The third-order valence-electron chi connectivity index (χ3n) is 3.11. The molecule has 0 amide bonds. The number of aromatic nitrogens is 2.